The third kappa shape index (κ3) is 6.22. The topological polar surface area (TPSA) is 6.48 Å². The van der Waals surface area contributed by atoms with E-state index in [4.69, 9.17) is 0 Å². The first-order valence-corrected chi connectivity index (χ1v) is 22.0. The van der Waals surface area contributed by atoms with Gasteiger partial charge in [0.2, 0.25) is 0 Å². The fourth-order valence-corrected chi connectivity index (χ4v) is 10.6. The Bertz CT molecular complexity index is 2950. The second-order valence-corrected chi connectivity index (χ2v) is 21.1. The van der Waals surface area contributed by atoms with Crippen molar-refractivity contribution in [3.05, 3.63) is 162 Å². The van der Waals surface area contributed by atoms with Crippen LogP contribution < -0.4 is 26.2 Å². The maximum Gasteiger partial charge on any atom is 0.252 e. The van der Waals surface area contributed by atoms with Crippen molar-refractivity contribution in [3.63, 3.8) is 0 Å². The summed E-state index contributed by atoms with van der Waals surface area (Å²) in [6, 6.07) is 53.7. The number of rotatable bonds is 3. The molecule has 0 N–H and O–H groups in total. The van der Waals surface area contributed by atoms with Crippen LogP contribution in [-0.2, 0) is 16.2 Å². The molecular weight excluding hydrogens is 731 g/mol. The van der Waals surface area contributed by atoms with Crippen molar-refractivity contribution in [2.24, 2.45) is 0 Å². The van der Waals surface area contributed by atoms with Gasteiger partial charge in [-0.25, -0.2) is 0 Å². The van der Waals surface area contributed by atoms with Crippen molar-refractivity contribution in [1.82, 2.24) is 0 Å². The van der Waals surface area contributed by atoms with Gasteiger partial charge in [0.1, 0.15) is 0 Å². The molecule has 7 aromatic carbocycles. The summed E-state index contributed by atoms with van der Waals surface area (Å²) in [7, 11) is 0. The average Bonchev–Trinajstić information content (AvgIpc) is 3.57. The molecule has 0 radical (unpaired) electrons. The smallest absolute Gasteiger partial charge is 0.252 e. The number of anilines is 6. The van der Waals surface area contributed by atoms with E-state index in [1.807, 2.05) is 11.3 Å². The highest BCUT2D eigenvalue weighted by Crippen LogP contribution is 2.46. The van der Waals surface area contributed by atoms with Crippen molar-refractivity contribution in [2.45, 2.75) is 85.5 Å². The molecule has 0 fully saturated rings. The van der Waals surface area contributed by atoms with Crippen molar-refractivity contribution >= 4 is 88.7 Å². The maximum atomic E-state index is 2.56. The lowest BCUT2D eigenvalue weighted by atomic mass is 9.33. The lowest BCUT2D eigenvalue weighted by Gasteiger charge is -2.45. The molecule has 0 atom stereocenters. The van der Waals surface area contributed by atoms with Crippen molar-refractivity contribution < 1.29 is 0 Å². The number of nitrogens with zero attached hydrogens (tertiary/aromatic N) is 2. The summed E-state index contributed by atoms with van der Waals surface area (Å²) in [6.07, 6.45) is 0. The van der Waals surface area contributed by atoms with Crippen LogP contribution in [0.15, 0.2) is 140 Å². The van der Waals surface area contributed by atoms with Crippen LogP contribution in [-0.4, -0.2) is 6.71 Å². The maximum absolute atomic E-state index is 2.56. The van der Waals surface area contributed by atoms with Crippen molar-refractivity contribution in [3.8, 4) is 11.1 Å². The summed E-state index contributed by atoms with van der Waals surface area (Å²) in [4.78, 5) is 5.10. The third-order valence-electron chi connectivity index (χ3n) is 12.8. The molecule has 10 rings (SSSR count). The molecule has 1 aromatic heterocycles. The molecule has 0 unspecified atom stereocenters. The van der Waals surface area contributed by atoms with Crippen LogP contribution in [0.3, 0.4) is 0 Å². The highest BCUT2D eigenvalue weighted by atomic mass is 32.1. The third-order valence-corrected chi connectivity index (χ3v) is 13.9. The summed E-state index contributed by atoms with van der Waals surface area (Å²) >= 11 is 1.88. The minimum atomic E-state index is 0.00182. The minimum Gasteiger partial charge on any atom is -0.311 e. The van der Waals surface area contributed by atoms with Crippen LogP contribution in [0.4, 0.5) is 34.1 Å². The van der Waals surface area contributed by atoms with Gasteiger partial charge in [0.25, 0.3) is 6.71 Å². The van der Waals surface area contributed by atoms with Crippen LogP contribution >= 0.6 is 11.3 Å². The molecule has 8 aromatic rings. The second kappa shape index (κ2) is 13.2. The zero-order valence-corrected chi connectivity index (χ0v) is 37.0. The molecular formula is C55H53BN2S. The zero-order chi connectivity index (χ0) is 41.2. The van der Waals surface area contributed by atoms with E-state index in [2.05, 4.69) is 219 Å². The van der Waals surface area contributed by atoms with E-state index in [-0.39, 0.29) is 23.0 Å². The Balaban J connectivity index is 1.18. The predicted molar refractivity (Wildman–Crippen MR) is 260 cm³/mol. The highest BCUT2D eigenvalue weighted by Gasteiger charge is 2.44. The van der Waals surface area contributed by atoms with Crippen LogP contribution in [0.2, 0.25) is 0 Å². The first-order chi connectivity index (χ1) is 28.0. The number of thiophene rings is 1. The number of fused-ring (bicyclic) bond motifs is 7. The van der Waals surface area contributed by atoms with E-state index in [1.54, 1.807) is 0 Å². The van der Waals surface area contributed by atoms with Crippen molar-refractivity contribution in [2.75, 3.05) is 9.80 Å². The van der Waals surface area contributed by atoms with E-state index < -0.39 is 0 Å². The van der Waals surface area contributed by atoms with Gasteiger partial charge in [0.15, 0.2) is 0 Å². The fraction of sp³-hybridized carbons (Fsp3) is 0.236. The lowest BCUT2D eigenvalue weighted by Crippen LogP contribution is -2.61. The lowest BCUT2D eigenvalue weighted by molar-refractivity contribution is 0.590. The molecule has 2 aliphatic rings. The Morgan fingerprint density at radius 2 is 0.966 bits per heavy atom. The summed E-state index contributed by atoms with van der Waals surface area (Å²) in [6.45, 7) is 23.2. The van der Waals surface area contributed by atoms with Crippen LogP contribution in [0, 0.1) is 6.92 Å². The second-order valence-electron chi connectivity index (χ2n) is 20.0. The van der Waals surface area contributed by atoms with Crippen LogP contribution in [0.25, 0.3) is 31.3 Å². The van der Waals surface area contributed by atoms with Gasteiger partial charge in [-0.3, -0.25) is 0 Å². The number of hydrogen-bond acceptors (Lipinski definition) is 3. The summed E-state index contributed by atoms with van der Waals surface area (Å²) < 4.78 is 2.67. The SMILES string of the molecule is Cc1cc2c3c(c1)N(c1ccc(C(C)(C)C)cc1)c1cc(C(C)(C)C)ccc1B3c1cc(C(C)(C)C)ccc1N2c1ccc(-c2ccc3c(c2)sc2ccccc23)cc1. The van der Waals surface area contributed by atoms with Gasteiger partial charge < -0.3 is 9.80 Å². The first kappa shape index (κ1) is 37.7. The number of benzene rings is 7. The average molecular weight is 785 g/mol. The minimum absolute atomic E-state index is 0.00182. The first-order valence-electron chi connectivity index (χ1n) is 21.2. The van der Waals surface area contributed by atoms with E-state index in [9.17, 15) is 0 Å². The quantitative estimate of drug-likeness (QED) is 0.165. The number of hydrogen-bond donors (Lipinski definition) is 0. The van der Waals surface area contributed by atoms with Gasteiger partial charge in [-0.15, -0.1) is 11.3 Å². The molecule has 4 heteroatoms. The van der Waals surface area contributed by atoms with E-state index in [0.717, 1.165) is 0 Å². The molecule has 3 heterocycles. The number of aryl methyl sites for hydroxylation is 1. The van der Waals surface area contributed by atoms with Crippen molar-refractivity contribution in [1.29, 1.82) is 0 Å². The summed E-state index contributed by atoms with van der Waals surface area (Å²) in [5.41, 5.74) is 19.3. The fourth-order valence-electron chi connectivity index (χ4n) is 9.44. The molecule has 0 aliphatic carbocycles. The standard InChI is InChI=1S/C55H53BN2S/c1-34-29-48-52-49(30-34)58(41-24-18-37(19-25-41)53(2,3)4)47-33-39(55(8,9)10)20-27-44(47)56(52)45-32-38(54(5,6)7)21-28-46(45)57(48)40-22-15-35(16-23-40)36-17-26-43-42-13-11-12-14-50(42)59-51(43)31-36/h11-33H,1-10H3. The molecule has 2 aliphatic heterocycles. The monoisotopic (exact) mass is 784 g/mol. The van der Waals surface area contributed by atoms with Gasteiger partial charge >= 0.3 is 0 Å². The van der Waals surface area contributed by atoms with E-state index >= 15 is 0 Å². The molecule has 59 heavy (non-hydrogen) atoms. The van der Waals surface area contributed by atoms with E-state index in [0.29, 0.717) is 0 Å². The van der Waals surface area contributed by atoms with Gasteiger partial charge in [-0.1, -0.05) is 141 Å². The Hall–Kier alpha value is -5.58. The summed E-state index contributed by atoms with van der Waals surface area (Å²) in [5, 5.41) is 2.67. The van der Waals surface area contributed by atoms with E-state index in [1.165, 1.54) is 104 Å². The highest BCUT2D eigenvalue weighted by molar-refractivity contribution is 7.25. The molecule has 0 amide bonds. The molecule has 0 saturated carbocycles. The van der Waals surface area contributed by atoms with Gasteiger partial charge in [0.05, 0.1) is 0 Å². The molecule has 2 nitrogen and oxygen atoms in total. The molecule has 0 spiro atoms. The van der Waals surface area contributed by atoms with Gasteiger partial charge in [-0.05, 0) is 134 Å². The normalized spacial score (nSPS) is 13.8. The Morgan fingerprint density at radius 1 is 0.424 bits per heavy atom. The van der Waals surface area contributed by atoms with Crippen LogP contribution in [0.5, 0.6) is 0 Å². The Kier molecular flexibility index (Phi) is 8.44. The van der Waals surface area contributed by atoms with Gasteiger partial charge in [-0.2, -0.15) is 0 Å². The molecule has 0 bridgehead atoms. The van der Waals surface area contributed by atoms with Crippen LogP contribution in [0.1, 0.15) is 84.6 Å². The summed E-state index contributed by atoms with van der Waals surface area (Å²) in [5.74, 6) is 0. The zero-order valence-electron chi connectivity index (χ0n) is 36.2. The Labute approximate surface area is 355 Å². The predicted octanol–water partition coefficient (Wildman–Crippen LogP) is 14.0. The molecule has 292 valence electrons. The largest absolute Gasteiger partial charge is 0.311 e. The van der Waals surface area contributed by atoms with Gasteiger partial charge in [0, 0.05) is 54.3 Å². The Morgan fingerprint density at radius 3 is 1.63 bits per heavy atom. The molecule has 0 saturated heterocycles.